The smallest absolute Gasteiger partial charge is 0.338 e. The van der Waals surface area contributed by atoms with Gasteiger partial charge in [-0.05, 0) is 36.6 Å². The summed E-state index contributed by atoms with van der Waals surface area (Å²) in [6.07, 6.45) is 0.710. The predicted molar refractivity (Wildman–Crippen MR) is 98.1 cm³/mol. The topological polar surface area (TPSA) is 77.0 Å². The number of hydrogen-bond acceptors (Lipinski definition) is 6. The summed E-state index contributed by atoms with van der Waals surface area (Å²) in [6.45, 7) is 2.05. The average Bonchev–Trinajstić information content (AvgIpc) is 3.13. The van der Waals surface area contributed by atoms with Crippen LogP contribution >= 0.6 is 11.3 Å². The van der Waals surface area contributed by atoms with E-state index in [1.807, 2.05) is 17.5 Å². The van der Waals surface area contributed by atoms with E-state index in [0.717, 1.165) is 10.6 Å². The van der Waals surface area contributed by atoms with Gasteiger partial charge in [0.2, 0.25) is 5.91 Å². The summed E-state index contributed by atoms with van der Waals surface area (Å²) in [7, 11) is 1.48. The van der Waals surface area contributed by atoms with Crippen molar-refractivity contribution in [1.82, 2.24) is 0 Å². The first-order valence-electron chi connectivity index (χ1n) is 7.85. The van der Waals surface area contributed by atoms with E-state index in [9.17, 15) is 9.59 Å². The SMILES string of the molecule is CCOC(=O)c1cccc(NC(=O)CCC(=NOC)c2cccs2)c1. The Morgan fingerprint density at radius 2 is 2.04 bits per heavy atom. The molecule has 1 amide bonds. The summed E-state index contributed by atoms with van der Waals surface area (Å²) in [4.78, 5) is 29.7. The molecule has 2 aromatic rings. The molecule has 132 valence electrons. The highest BCUT2D eigenvalue weighted by molar-refractivity contribution is 7.12. The Hall–Kier alpha value is -2.67. The van der Waals surface area contributed by atoms with Gasteiger partial charge in [0, 0.05) is 18.5 Å². The Bertz CT molecular complexity index is 741. The number of anilines is 1. The van der Waals surface area contributed by atoms with Crippen molar-refractivity contribution in [2.24, 2.45) is 5.16 Å². The van der Waals surface area contributed by atoms with Gasteiger partial charge in [0.1, 0.15) is 7.11 Å². The zero-order chi connectivity index (χ0) is 18.1. The van der Waals surface area contributed by atoms with Crippen LogP contribution in [0.1, 0.15) is 35.0 Å². The van der Waals surface area contributed by atoms with Crippen LogP contribution < -0.4 is 5.32 Å². The number of thiophene rings is 1. The molecule has 0 radical (unpaired) electrons. The molecule has 1 aromatic heterocycles. The maximum atomic E-state index is 12.2. The van der Waals surface area contributed by atoms with Gasteiger partial charge in [-0.1, -0.05) is 17.3 Å². The number of ether oxygens (including phenoxy) is 1. The molecule has 0 spiro atoms. The van der Waals surface area contributed by atoms with Crippen LogP contribution in [-0.4, -0.2) is 31.3 Å². The number of oxime groups is 1. The molecule has 0 saturated heterocycles. The summed E-state index contributed by atoms with van der Waals surface area (Å²) in [6, 6.07) is 10.5. The summed E-state index contributed by atoms with van der Waals surface area (Å²) in [5.74, 6) is -0.577. The van der Waals surface area contributed by atoms with Gasteiger partial charge in [0.15, 0.2) is 0 Å². The lowest BCUT2D eigenvalue weighted by Crippen LogP contribution is -2.14. The highest BCUT2D eigenvalue weighted by Crippen LogP contribution is 2.16. The minimum absolute atomic E-state index is 0.165. The van der Waals surface area contributed by atoms with Gasteiger partial charge in [0.25, 0.3) is 0 Å². The molecule has 7 heteroatoms. The lowest BCUT2D eigenvalue weighted by atomic mass is 10.1. The number of amides is 1. The second-order valence-electron chi connectivity index (χ2n) is 5.05. The van der Waals surface area contributed by atoms with Gasteiger partial charge >= 0.3 is 5.97 Å². The zero-order valence-corrected chi connectivity index (χ0v) is 15.0. The average molecular weight is 360 g/mol. The van der Waals surface area contributed by atoms with E-state index in [0.29, 0.717) is 24.3 Å². The van der Waals surface area contributed by atoms with E-state index in [4.69, 9.17) is 9.57 Å². The molecular formula is C18H20N2O4S. The second kappa shape index (κ2) is 9.58. The summed E-state index contributed by atoms with van der Waals surface area (Å²) < 4.78 is 4.95. The maximum Gasteiger partial charge on any atom is 0.338 e. The van der Waals surface area contributed by atoms with Crippen LogP contribution in [0.4, 0.5) is 5.69 Å². The second-order valence-corrected chi connectivity index (χ2v) is 6.00. The third-order valence-electron chi connectivity index (χ3n) is 3.25. The number of esters is 1. The van der Waals surface area contributed by atoms with E-state index < -0.39 is 5.97 Å². The van der Waals surface area contributed by atoms with Gasteiger partial charge in [-0.2, -0.15) is 0 Å². The number of rotatable bonds is 8. The van der Waals surface area contributed by atoms with E-state index in [1.54, 1.807) is 42.5 Å². The Kier molecular flexibility index (Phi) is 7.16. The monoisotopic (exact) mass is 360 g/mol. The molecule has 0 aliphatic rings. The molecule has 0 saturated carbocycles. The van der Waals surface area contributed by atoms with Crippen LogP contribution in [-0.2, 0) is 14.4 Å². The van der Waals surface area contributed by atoms with Crippen molar-refractivity contribution in [2.75, 3.05) is 19.0 Å². The van der Waals surface area contributed by atoms with E-state index in [-0.39, 0.29) is 12.3 Å². The molecule has 2 rings (SSSR count). The minimum atomic E-state index is -0.411. The Balaban J connectivity index is 1.95. The normalized spacial score (nSPS) is 11.0. The highest BCUT2D eigenvalue weighted by atomic mass is 32.1. The van der Waals surface area contributed by atoms with Gasteiger partial charge in [-0.3, -0.25) is 4.79 Å². The molecule has 25 heavy (non-hydrogen) atoms. The Labute approximate surface area is 150 Å². The Morgan fingerprint density at radius 1 is 1.20 bits per heavy atom. The standard InChI is InChI=1S/C18H20N2O4S/c1-3-24-18(22)13-6-4-7-14(12-13)19-17(21)10-9-15(20-23-2)16-8-5-11-25-16/h4-8,11-12H,3,9-10H2,1-2H3,(H,19,21). The molecule has 1 N–H and O–H groups in total. The molecule has 1 heterocycles. The molecule has 0 aliphatic carbocycles. The van der Waals surface area contributed by atoms with Crippen LogP contribution in [0.25, 0.3) is 0 Å². The predicted octanol–water partition coefficient (Wildman–Crippen LogP) is 3.69. The van der Waals surface area contributed by atoms with Gasteiger partial charge in [-0.15, -0.1) is 11.3 Å². The number of benzene rings is 1. The number of nitrogens with one attached hydrogen (secondary N) is 1. The van der Waals surface area contributed by atoms with Crippen LogP contribution in [0.5, 0.6) is 0 Å². The molecule has 0 fully saturated rings. The Morgan fingerprint density at radius 3 is 2.72 bits per heavy atom. The minimum Gasteiger partial charge on any atom is -0.462 e. The van der Waals surface area contributed by atoms with Crippen LogP contribution in [0.3, 0.4) is 0 Å². The highest BCUT2D eigenvalue weighted by Gasteiger charge is 2.11. The lowest BCUT2D eigenvalue weighted by molar-refractivity contribution is -0.116. The fraction of sp³-hybridized carbons (Fsp3) is 0.278. The van der Waals surface area contributed by atoms with E-state index >= 15 is 0 Å². The van der Waals surface area contributed by atoms with Crippen LogP contribution in [0, 0.1) is 0 Å². The van der Waals surface area contributed by atoms with Crippen molar-refractivity contribution in [2.45, 2.75) is 19.8 Å². The van der Waals surface area contributed by atoms with E-state index in [1.165, 1.54) is 7.11 Å². The first-order chi connectivity index (χ1) is 12.1. The fourth-order valence-electron chi connectivity index (χ4n) is 2.16. The van der Waals surface area contributed by atoms with Gasteiger partial charge in [-0.25, -0.2) is 4.79 Å². The quantitative estimate of drug-likeness (QED) is 0.442. The fourth-order valence-corrected chi connectivity index (χ4v) is 2.90. The van der Waals surface area contributed by atoms with Crippen molar-refractivity contribution in [1.29, 1.82) is 0 Å². The van der Waals surface area contributed by atoms with Gasteiger partial charge in [0.05, 0.1) is 22.8 Å². The van der Waals surface area contributed by atoms with Crippen molar-refractivity contribution in [3.8, 4) is 0 Å². The van der Waals surface area contributed by atoms with Crippen molar-refractivity contribution in [3.05, 3.63) is 52.2 Å². The maximum absolute atomic E-state index is 12.2. The van der Waals surface area contributed by atoms with Crippen LogP contribution in [0.15, 0.2) is 46.9 Å². The van der Waals surface area contributed by atoms with Crippen molar-refractivity contribution < 1.29 is 19.2 Å². The van der Waals surface area contributed by atoms with Gasteiger partial charge < -0.3 is 14.9 Å². The summed E-state index contributed by atoms with van der Waals surface area (Å²) in [5, 5.41) is 8.72. The van der Waals surface area contributed by atoms with Crippen molar-refractivity contribution >= 4 is 34.6 Å². The number of nitrogens with zero attached hydrogens (tertiary/aromatic N) is 1. The first kappa shape index (κ1) is 18.7. The number of carbonyl (C=O) groups is 2. The molecule has 6 nitrogen and oxygen atoms in total. The first-order valence-corrected chi connectivity index (χ1v) is 8.73. The molecule has 0 unspecified atom stereocenters. The van der Waals surface area contributed by atoms with E-state index in [2.05, 4.69) is 10.5 Å². The molecule has 0 aliphatic heterocycles. The molecule has 1 aromatic carbocycles. The molecule has 0 bridgehead atoms. The van der Waals surface area contributed by atoms with Crippen LogP contribution in [0.2, 0.25) is 0 Å². The van der Waals surface area contributed by atoms with Crippen molar-refractivity contribution in [3.63, 3.8) is 0 Å². The third kappa shape index (κ3) is 5.72. The third-order valence-corrected chi connectivity index (χ3v) is 4.17. The zero-order valence-electron chi connectivity index (χ0n) is 14.2. The summed E-state index contributed by atoms with van der Waals surface area (Å²) >= 11 is 1.54. The lowest BCUT2D eigenvalue weighted by Gasteiger charge is -2.08. The molecular weight excluding hydrogens is 340 g/mol. The number of hydrogen-bond donors (Lipinski definition) is 1. The number of carbonyl (C=O) groups excluding carboxylic acids is 2. The summed E-state index contributed by atoms with van der Waals surface area (Å²) in [5.41, 5.74) is 1.68. The largest absolute Gasteiger partial charge is 0.462 e. The molecule has 0 atom stereocenters.